The number of hydrogen-bond donors (Lipinski definition) is 1. The van der Waals surface area contributed by atoms with E-state index in [0.717, 1.165) is 12.1 Å². The van der Waals surface area contributed by atoms with E-state index in [1.807, 2.05) is 6.92 Å². The highest BCUT2D eigenvalue weighted by atomic mass is 19.1. The molecule has 0 heterocycles. The average Bonchev–Trinajstić information content (AvgIpc) is 2.31. The highest BCUT2D eigenvalue weighted by molar-refractivity contribution is 5.25. The van der Waals surface area contributed by atoms with Crippen LogP contribution in [0.5, 0.6) is 5.75 Å². The zero-order valence-corrected chi connectivity index (χ0v) is 9.79. The van der Waals surface area contributed by atoms with Gasteiger partial charge in [-0.1, -0.05) is 6.07 Å². The molecular weight excluding hydrogens is 228 g/mol. The minimum Gasteiger partial charge on any atom is -0.488 e. The van der Waals surface area contributed by atoms with E-state index in [9.17, 15) is 8.78 Å². The Morgan fingerprint density at radius 2 is 1.94 bits per heavy atom. The Hall–Kier alpha value is -1.20. The molecular formula is C12H17F2NO2. The maximum Gasteiger partial charge on any atom is 0.190 e. The second-order valence-corrected chi connectivity index (χ2v) is 3.50. The number of rotatable bonds is 7. The fraction of sp³-hybridized carbons (Fsp3) is 0.500. The molecule has 0 aliphatic carbocycles. The van der Waals surface area contributed by atoms with Crippen molar-refractivity contribution < 1.29 is 18.3 Å². The topological polar surface area (TPSA) is 44.5 Å². The third-order valence-corrected chi connectivity index (χ3v) is 2.27. The lowest BCUT2D eigenvalue weighted by molar-refractivity contribution is 0.0518. The number of halogens is 2. The summed E-state index contributed by atoms with van der Waals surface area (Å²) in [6.45, 7) is 2.94. The van der Waals surface area contributed by atoms with E-state index >= 15 is 0 Å². The number of para-hydroxylation sites is 1. The zero-order valence-electron chi connectivity index (χ0n) is 9.79. The smallest absolute Gasteiger partial charge is 0.190 e. The van der Waals surface area contributed by atoms with Crippen molar-refractivity contribution in [2.24, 2.45) is 5.73 Å². The molecule has 1 aromatic rings. The first-order valence-electron chi connectivity index (χ1n) is 5.57. The molecule has 1 atom stereocenters. The molecule has 2 N–H and O–H groups in total. The summed E-state index contributed by atoms with van der Waals surface area (Å²) < 4.78 is 36.7. The van der Waals surface area contributed by atoms with Gasteiger partial charge in [-0.15, -0.1) is 0 Å². The summed E-state index contributed by atoms with van der Waals surface area (Å²) in [5.41, 5.74) is 5.47. The molecule has 0 spiro atoms. The Morgan fingerprint density at radius 1 is 1.29 bits per heavy atom. The minimum absolute atomic E-state index is 0.144. The monoisotopic (exact) mass is 245 g/mol. The van der Waals surface area contributed by atoms with E-state index in [2.05, 4.69) is 0 Å². The van der Waals surface area contributed by atoms with Gasteiger partial charge in [-0.05, 0) is 19.1 Å². The Morgan fingerprint density at radius 3 is 2.47 bits per heavy atom. The first-order chi connectivity index (χ1) is 8.19. The summed E-state index contributed by atoms with van der Waals surface area (Å²) in [7, 11) is 0. The van der Waals surface area contributed by atoms with Crippen LogP contribution in [0.3, 0.4) is 0 Å². The van der Waals surface area contributed by atoms with Gasteiger partial charge in [0.05, 0.1) is 12.7 Å². The third-order valence-electron chi connectivity index (χ3n) is 2.27. The van der Waals surface area contributed by atoms with Crippen LogP contribution in [-0.4, -0.2) is 25.9 Å². The molecule has 0 saturated carbocycles. The van der Waals surface area contributed by atoms with Gasteiger partial charge < -0.3 is 15.2 Å². The highest BCUT2D eigenvalue weighted by Gasteiger charge is 2.11. The summed E-state index contributed by atoms with van der Waals surface area (Å²) in [5, 5.41) is 0. The van der Waals surface area contributed by atoms with Gasteiger partial charge in [0.25, 0.3) is 0 Å². The van der Waals surface area contributed by atoms with E-state index in [0.29, 0.717) is 19.6 Å². The Balaban J connectivity index is 2.45. The third kappa shape index (κ3) is 4.28. The van der Waals surface area contributed by atoms with Gasteiger partial charge in [0.1, 0.15) is 0 Å². The van der Waals surface area contributed by atoms with E-state index in [4.69, 9.17) is 15.2 Å². The molecule has 1 aromatic carbocycles. The predicted octanol–water partition coefficient (Wildman–Crippen LogP) is 2.10. The van der Waals surface area contributed by atoms with Crippen molar-refractivity contribution in [3.05, 3.63) is 29.8 Å². The average molecular weight is 245 g/mol. The van der Waals surface area contributed by atoms with Crippen LogP contribution in [0.4, 0.5) is 8.78 Å². The molecule has 0 aliphatic heterocycles. The van der Waals surface area contributed by atoms with Gasteiger partial charge in [-0.3, -0.25) is 0 Å². The summed E-state index contributed by atoms with van der Waals surface area (Å²) in [4.78, 5) is 0. The van der Waals surface area contributed by atoms with E-state index in [-0.39, 0.29) is 18.5 Å². The second-order valence-electron chi connectivity index (χ2n) is 3.50. The van der Waals surface area contributed by atoms with Crippen molar-refractivity contribution >= 4 is 0 Å². The summed E-state index contributed by atoms with van der Waals surface area (Å²) in [5.74, 6) is -1.75. The lowest BCUT2D eigenvalue weighted by Crippen LogP contribution is -2.26. The van der Waals surface area contributed by atoms with Gasteiger partial charge in [0.15, 0.2) is 17.4 Å². The minimum atomic E-state index is -0.703. The lowest BCUT2D eigenvalue weighted by atomic mass is 10.2. The molecule has 0 bridgehead atoms. The van der Waals surface area contributed by atoms with Crippen LogP contribution in [0.2, 0.25) is 0 Å². The number of benzene rings is 1. The van der Waals surface area contributed by atoms with Crippen molar-refractivity contribution in [1.82, 2.24) is 0 Å². The molecule has 0 fully saturated rings. The number of hydrogen-bond acceptors (Lipinski definition) is 3. The van der Waals surface area contributed by atoms with Gasteiger partial charge in [0, 0.05) is 19.6 Å². The Bertz CT molecular complexity index is 327. The molecule has 0 aromatic heterocycles. The van der Waals surface area contributed by atoms with Crippen LogP contribution < -0.4 is 10.5 Å². The highest BCUT2D eigenvalue weighted by Crippen LogP contribution is 2.21. The predicted molar refractivity (Wildman–Crippen MR) is 60.9 cm³/mol. The molecule has 0 amide bonds. The van der Waals surface area contributed by atoms with Crippen LogP contribution in [0, 0.1) is 11.6 Å². The van der Waals surface area contributed by atoms with Crippen LogP contribution in [0.15, 0.2) is 18.2 Å². The van der Waals surface area contributed by atoms with Crippen LogP contribution >= 0.6 is 0 Å². The summed E-state index contributed by atoms with van der Waals surface area (Å²) >= 11 is 0. The first kappa shape index (κ1) is 13.9. The molecule has 0 saturated heterocycles. The van der Waals surface area contributed by atoms with Crippen molar-refractivity contribution in [2.45, 2.75) is 19.4 Å². The molecule has 0 aliphatic rings. The second kappa shape index (κ2) is 7.19. The van der Waals surface area contributed by atoms with Crippen molar-refractivity contribution in [3.8, 4) is 5.75 Å². The fourth-order valence-corrected chi connectivity index (χ4v) is 1.42. The van der Waals surface area contributed by atoms with Crippen LogP contribution in [0.1, 0.15) is 13.3 Å². The van der Waals surface area contributed by atoms with Crippen molar-refractivity contribution in [3.63, 3.8) is 0 Å². The Kier molecular flexibility index (Phi) is 5.86. The first-order valence-corrected chi connectivity index (χ1v) is 5.57. The van der Waals surface area contributed by atoms with Gasteiger partial charge in [-0.2, -0.15) is 0 Å². The van der Waals surface area contributed by atoms with Crippen LogP contribution in [0.25, 0.3) is 0 Å². The van der Waals surface area contributed by atoms with Gasteiger partial charge in [-0.25, -0.2) is 8.78 Å². The summed E-state index contributed by atoms with van der Waals surface area (Å²) in [6.07, 6.45) is 0.354. The maximum absolute atomic E-state index is 13.2. The molecule has 96 valence electrons. The molecule has 1 unspecified atom stereocenters. The fourth-order valence-electron chi connectivity index (χ4n) is 1.42. The maximum atomic E-state index is 13.2. The zero-order chi connectivity index (χ0) is 12.7. The lowest BCUT2D eigenvalue weighted by Gasteiger charge is -2.15. The Labute approximate surface area is 99.5 Å². The van der Waals surface area contributed by atoms with Crippen molar-refractivity contribution in [1.29, 1.82) is 0 Å². The van der Waals surface area contributed by atoms with Crippen LogP contribution in [-0.2, 0) is 4.74 Å². The molecule has 5 heteroatoms. The summed E-state index contributed by atoms with van der Waals surface area (Å²) in [6, 6.07) is 3.60. The largest absolute Gasteiger partial charge is 0.488 e. The molecule has 1 rings (SSSR count). The molecule has 3 nitrogen and oxygen atoms in total. The normalized spacial score (nSPS) is 12.5. The SMILES string of the molecule is CCOC(CN)CCOc1c(F)cccc1F. The van der Waals surface area contributed by atoms with Gasteiger partial charge >= 0.3 is 0 Å². The van der Waals surface area contributed by atoms with Gasteiger partial charge in [0.2, 0.25) is 0 Å². The standard InChI is InChI=1S/C12H17F2NO2/c1-2-16-9(8-15)6-7-17-12-10(13)4-3-5-11(12)14/h3-5,9H,2,6-8,15H2,1H3. The number of nitrogens with two attached hydrogens (primary N) is 1. The van der Waals surface area contributed by atoms with Crippen molar-refractivity contribution in [2.75, 3.05) is 19.8 Å². The quantitative estimate of drug-likeness (QED) is 0.800. The molecule has 17 heavy (non-hydrogen) atoms. The molecule has 0 radical (unpaired) electrons. The number of ether oxygens (including phenoxy) is 2. The van der Waals surface area contributed by atoms with E-state index < -0.39 is 11.6 Å². The van der Waals surface area contributed by atoms with E-state index in [1.54, 1.807) is 0 Å². The van der Waals surface area contributed by atoms with E-state index in [1.165, 1.54) is 6.07 Å².